The first-order chi connectivity index (χ1) is 33.4. The van der Waals surface area contributed by atoms with E-state index in [-0.39, 0.29) is 20.9 Å². The van der Waals surface area contributed by atoms with Crippen LogP contribution in [0.2, 0.25) is 10.0 Å². The molecule has 4 saturated heterocycles. The van der Waals surface area contributed by atoms with E-state index in [2.05, 4.69) is 4.90 Å². The summed E-state index contributed by atoms with van der Waals surface area (Å²) in [5, 5.41) is 11.6. The molecule has 0 bridgehead atoms. The van der Waals surface area contributed by atoms with Crippen molar-refractivity contribution in [2.45, 2.75) is 148 Å². The van der Waals surface area contributed by atoms with Gasteiger partial charge in [-0.15, -0.1) is 0 Å². The van der Waals surface area contributed by atoms with Crippen LogP contribution in [0.3, 0.4) is 0 Å². The molecule has 2 saturated carbocycles. The minimum Gasteiger partial charge on any atom is -0.441 e. The number of benzene rings is 4. The van der Waals surface area contributed by atoms with Crippen LogP contribution in [0.15, 0.2) is 94.7 Å². The van der Waals surface area contributed by atoms with Gasteiger partial charge in [-0.1, -0.05) is 29.6 Å². The maximum Gasteiger partial charge on any atom is 0.410 e. The van der Waals surface area contributed by atoms with Gasteiger partial charge >= 0.3 is 6.09 Å². The van der Waals surface area contributed by atoms with Crippen molar-refractivity contribution < 1.29 is 49.0 Å². The second-order valence-electron chi connectivity index (χ2n) is 19.8. The average Bonchev–Trinajstić information content (AvgIpc) is 4.29. The van der Waals surface area contributed by atoms with E-state index >= 15 is 0 Å². The topological polar surface area (TPSA) is 128 Å². The van der Waals surface area contributed by atoms with Gasteiger partial charge in [0.1, 0.15) is 28.9 Å². The number of piperidine rings is 4. The number of rotatable bonds is 10. The van der Waals surface area contributed by atoms with E-state index in [1.165, 1.54) is 88.5 Å². The summed E-state index contributed by atoms with van der Waals surface area (Å²) in [7, 11) is -8.18. The van der Waals surface area contributed by atoms with Crippen molar-refractivity contribution in [3.63, 3.8) is 0 Å². The molecule has 378 valence electrons. The summed E-state index contributed by atoms with van der Waals surface area (Å²) in [4.78, 5) is 17.9. The zero-order chi connectivity index (χ0) is 49.6. The van der Waals surface area contributed by atoms with Gasteiger partial charge in [0.15, 0.2) is 0 Å². The Labute approximate surface area is 417 Å². The summed E-state index contributed by atoms with van der Waals surface area (Å²) in [5.74, 6) is -3.05. The number of hydrogen-bond acceptors (Lipinski definition) is 8. The summed E-state index contributed by atoms with van der Waals surface area (Å²) in [6.45, 7) is 3.46. The molecule has 70 heavy (non-hydrogen) atoms. The standard InChI is InChI=1S/C31H38ClF2N3O4S.C20H20ClF2NO3S/c32-23-7-9-27(10-8-23)42(39,40)37-28(22-19-24(33)21-25(34)20-22)5-4-6-29(37)31(13-14-31)41-30(38)36-17-11-26(12-18-36)35-15-2-1-3-16-35;21-14-4-6-17(7-5-14)28(26,27)24-18(13-10-15(22)12-16(23)11-13)2-1-3-19(24)20(25)8-9-20/h7-10,19-21,26,28-29H,1-6,11-18H2;4-7,10-12,18-19,25H,1-3,8-9H2/t28-,29+;18-,19+/m00/s1. The van der Waals surface area contributed by atoms with Crippen LogP contribution in [0, 0.1) is 23.3 Å². The molecule has 0 aromatic heterocycles. The average molecular weight is 1050 g/mol. The Kier molecular flexibility index (Phi) is 15.0. The SMILES string of the molecule is O=C(OC1([C@H]2CCC[C@@H](c3cc(F)cc(F)c3)N2S(=O)(=O)c2ccc(Cl)cc2)CC1)N1CCC(N2CCCCC2)CC1.O=S(=O)(c1ccc(Cl)cc1)N1[C@H](c2cc(F)cc(F)c2)CCC[C@@H]1C1(O)CC1. The number of carbonyl (C=O) groups is 1. The molecule has 2 aliphatic carbocycles. The second-order valence-corrected chi connectivity index (χ2v) is 24.3. The van der Waals surface area contributed by atoms with Gasteiger partial charge in [-0.3, -0.25) is 0 Å². The van der Waals surface area contributed by atoms with E-state index in [9.17, 15) is 44.3 Å². The van der Waals surface area contributed by atoms with Crippen LogP contribution in [0.5, 0.6) is 0 Å². The Morgan fingerprint density at radius 3 is 1.41 bits per heavy atom. The third-order valence-corrected chi connectivity index (χ3v) is 19.5. The smallest absolute Gasteiger partial charge is 0.410 e. The fraction of sp³-hybridized carbons (Fsp3) is 0.510. The van der Waals surface area contributed by atoms with E-state index < -0.39 is 84.8 Å². The summed E-state index contributed by atoms with van der Waals surface area (Å²) in [6.07, 6.45) is 10.3. The van der Waals surface area contributed by atoms with Crippen molar-refractivity contribution in [3.8, 4) is 0 Å². The first-order valence-electron chi connectivity index (χ1n) is 24.3. The quantitative estimate of drug-likeness (QED) is 0.156. The van der Waals surface area contributed by atoms with E-state index in [0.29, 0.717) is 93.4 Å². The van der Waals surface area contributed by atoms with E-state index in [4.69, 9.17) is 27.9 Å². The van der Waals surface area contributed by atoms with Crippen molar-refractivity contribution >= 4 is 49.3 Å². The molecule has 4 aromatic carbocycles. The highest BCUT2D eigenvalue weighted by Crippen LogP contribution is 2.53. The largest absolute Gasteiger partial charge is 0.441 e. The number of likely N-dealkylation sites (tertiary alicyclic amines) is 2. The molecule has 4 atom stereocenters. The van der Waals surface area contributed by atoms with Gasteiger partial charge in [-0.25, -0.2) is 39.2 Å². The van der Waals surface area contributed by atoms with E-state index in [0.717, 1.165) is 50.2 Å². The van der Waals surface area contributed by atoms with Crippen LogP contribution in [0.1, 0.15) is 120 Å². The molecule has 0 spiro atoms. The Balaban J connectivity index is 0.000000188. The first kappa shape index (κ1) is 51.1. The van der Waals surface area contributed by atoms with Crippen molar-refractivity contribution in [3.05, 3.63) is 129 Å². The second kappa shape index (κ2) is 20.6. The number of amides is 1. The molecule has 0 unspecified atom stereocenters. The lowest BCUT2D eigenvalue weighted by Crippen LogP contribution is -2.55. The minimum atomic E-state index is -4.16. The molecule has 1 amide bonds. The molecule has 0 radical (unpaired) electrons. The molecule has 4 aromatic rings. The zero-order valence-electron chi connectivity index (χ0n) is 38.7. The molecule has 6 aliphatic rings. The summed E-state index contributed by atoms with van der Waals surface area (Å²) >= 11 is 11.9. The number of aliphatic hydroxyl groups is 1. The van der Waals surface area contributed by atoms with Crippen LogP contribution < -0.4 is 0 Å². The number of ether oxygens (including phenoxy) is 1. The van der Waals surface area contributed by atoms with Crippen LogP contribution in [-0.2, 0) is 24.8 Å². The van der Waals surface area contributed by atoms with Crippen molar-refractivity contribution in [2.24, 2.45) is 0 Å². The van der Waals surface area contributed by atoms with Gasteiger partial charge in [0.2, 0.25) is 20.0 Å². The summed E-state index contributed by atoms with van der Waals surface area (Å²) in [5.41, 5.74) is -1.57. The Morgan fingerprint density at radius 1 is 0.557 bits per heavy atom. The highest BCUT2D eigenvalue weighted by atomic mass is 35.5. The van der Waals surface area contributed by atoms with E-state index in [1.54, 1.807) is 4.90 Å². The molecule has 10 rings (SSSR count). The number of sulfonamides is 2. The zero-order valence-corrected chi connectivity index (χ0v) is 41.8. The summed E-state index contributed by atoms with van der Waals surface area (Å²) in [6, 6.07) is 15.5. The number of nitrogens with zero attached hydrogens (tertiary/aromatic N) is 4. The molecule has 1 N–H and O–H groups in total. The molecular weight excluding hydrogens is 992 g/mol. The maximum atomic E-state index is 14.3. The molecule has 19 heteroatoms. The predicted octanol–water partition coefficient (Wildman–Crippen LogP) is 10.9. The van der Waals surface area contributed by atoms with Gasteiger partial charge < -0.3 is 19.6 Å². The van der Waals surface area contributed by atoms with E-state index in [1.807, 2.05) is 0 Å². The number of halogens is 6. The molecule has 11 nitrogen and oxygen atoms in total. The minimum absolute atomic E-state index is 0.0302. The Bertz CT molecular complexity index is 2720. The summed E-state index contributed by atoms with van der Waals surface area (Å²) < 4.78 is 121. The van der Waals surface area contributed by atoms with Crippen LogP contribution >= 0.6 is 23.2 Å². The van der Waals surface area contributed by atoms with Crippen LogP contribution in [-0.4, -0.2) is 102 Å². The predicted molar refractivity (Wildman–Crippen MR) is 257 cm³/mol. The molecular formula is C51H58Cl2F4N4O7S2. The van der Waals surface area contributed by atoms with Crippen LogP contribution in [0.4, 0.5) is 22.4 Å². The number of carbonyl (C=O) groups excluding carboxylic acids is 1. The van der Waals surface area contributed by atoms with Gasteiger partial charge in [0.05, 0.1) is 39.6 Å². The third-order valence-electron chi connectivity index (χ3n) is 15.1. The van der Waals surface area contributed by atoms with Crippen molar-refractivity contribution in [1.29, 1.82) is 0 Å². The number of hydrogen-bond donors (Lipinski definition) is 1. The molecule has 6 fully saturated rings. The lowest BCUT2D eigenvalue weighted by molar-refractivity contribution is -0.0144. The monoisotopic (exact) mass is 1050 g/mol. The third kappa shape index (κ3) is 10.9. The Hall–Kier alpha value is -3.81. The highest BCUT2D eigenvalue weighted by Gasteiger charge is 2.60. The van der Waals surface area contributed by atoms with Crippen molar-refractivity contribution in [1.82, 2.24) is 18.4 Å². The molecule has 4 aliphatic heterocycles. The highest BCUT2D eigenvalue weighted by molar-refractivity contribution is 7.89. The van der Waals surface area contributed by atoms with Crippen molar-refractivity contribution in [2.75, 3.05) is 26.2 Å². The lowest BCUT2D eigenvalue weighted by atomic mass is 9.90. The lowest BCUT2D eigenvalue weighted by Gasteiger charge is -2.45. The van der Waals surface area contributed by atoms with Gasteiger partial charge in [0.25, 0.3) is 0 Å². The fourth-order valence-corrected chi connectivity index (χ4v) is 15.4. The van der Waals surface area contributed by atoms with Gasteiger partial charge in [-0.2, -0.15) is 8.61 Å². The molecule has 4 heterocycles. The Morgan fingerprint density at radius 2 is 0.986 bits per heavy atom. The normalized spacial score (nSPS) is 25.4. The van der Waals surface area contributed by atoms with Gasteiger partial charge in [0, 0.05) is 41.3 Å². The maximum absolute atomic E-state index is 14.3. The van der Waals surface area contributed by atoms with Crippen LogP contribution in [0.25, 0.3) is 0 Å². The fourth-order valence-electron chi connectivity index (χ4n) is 11.3. The van der Waals surface area contributed by atoms with Gasteiger partial charge in [-0.05, 0) is 187 Å². The first-order valence-corrected chi connectivity index (χ1v) is 28.0.